The first kappa shape index (κ1) is 13.0. The Kier molecular flexibility index (Phi) is 3.59. The van der Waals surface area contributed by atoms with Gasteiger partial charge < -0.3 is 9.80 Å². The number of nitrogens with zero attached hydrogens (tertiary/aromatic N) is 2. The Morgan fingerprint density at radius 3 is 2.45 bits per heavy atom. The average Bonchev–Trinajstić information content (AvgIpc) is 2.53. The van der Waals surface area contributed by atoms with Crippen LogP contribution >= 0.6 is 0 Å². The molecule has 20 heavy (non-hydrogen) atoms. The molecule has 1 aliphatic heterocycles. The normalized spacial score (nSPS) is 15.3. The topological polar surface area (TPSA) is 23.6 Å². The molecule has 2 aromatic rings. The van der Waals surface area contributed by atoms with E-state index in [0.29, 0.717) is 0 Å². The first-order chi connectivity index (χ1) is 9.81. The number of carbonyl (C=O) groups is 1. The Labute approximate surface area is 119 Å². The molecular weight excluding hydrogens is 248 g/mol. The van der Waals surface area contributed by atoms with Crippen molar-refractivity contribution < 1.29 is 4.79 Å². The van der Waals surface area contributed by atoms with E-state index in [2.05, 4.69) is 29.2 Å². The Morgan fingerprint density at radius 2 is 1.75 bits per heavy atom. The van der Waals surface area contributed by atoms with Crippen molar-refractivity contribution in [2.24, 2.45) is 0 Å². The average molecular weight is 268 g/mol. The number of fused-ring (bicyclic) bond motifs is 1. The minimum atomic E-state index is 0.877. The molecule has 2 aromatic carbocycles. The Bertz CT molecular complexity index is 612. The molecular formula is C17H20N2O. The van der Waals surface area contributed by atoms with Crippen LogP contribution in [0.4, 0.5) is 11.4 Å². The van der Waals surface area contributed by atoms with Crippen LogP contribution in [0.25, 0.3) is 10.8 Å². The van der Waals surface area contributed by atoms with Crippen LogP contribution < -0.4 is 9.80 Å². The monoisotopic (exact) mass is 268 g/mol. The Hall–Kier alpha value is -2.03. The first-order valence-corrected chi connectivity index (χ1v) is 7.26. The number of hydrogen-bond donors (Lipinski definition) is 0. The molecule has 0 radical (unpaired) electrons. The SMILES string of the molecule is CN(C=O)c1cccc2cccc(N3CCCCC3)c12. The van der Waals surface area contributed by atoms with E-state index in [1.807, 2.05) is 19.2 Å². The van der Waals surface area contributed by atoms with Crippen LogP contribution in [0.5, 0.6) is 0 Å². The summed E-state index contributed by atoms with van der Waals surface area (Å²) in [6.07, 6.45) is 4.70. The van der Waals surface area contributed by atoms with E-state index in [9.17, 15) is 4.79 Å². The molecule has 3 rings (SSSR count). The molecule has 0 bridgehead atoms. The Morgan fingerprint density at radius 1 is 1.05 bits per heavy atom. The lowest BCUT2D eigenvalue weighted by Gasteiger charge is -2.31. The third-order valence-corrected chi connectivity index (χ3v) is 4.10. The van der Waals surface area contributed by atoms with Crippen molar-refractivity contribution in [3.05, 3.63) is 36.4 Å². The molecule has 0 unspecified atom stereocenters. The zero-order valence-corrected chi connectivity index (χ0v) is 11.9. The lowest BCUT2D eigenvalue weighted by atomic mass is 10.0. The fourth-order valence-electron chi connectivity index (χ4n) is 3.05. The summed E-state index contributed by atoms with van der Waals surface area (Å²) in [7, 11) is 1.81. The maximum absolute atomic E-state index is 11.1. The molecule has 1 heterocycles. The lowest BCUT2D eigenvalue weighted by Crippen LogP contribution is -2.29. The van der Waals surface area contributed by atoms with Crippen LogP contribution in [-0.2, 0) is 4.79 Å². The van der Waals surface area contributed by atoms with Gasteiger partial charge in [0.2, 0.25) is 6.41 Å². The van der Waals surface area contributed by atoms with E-state index in [1.165, 1.54) is 35.7 Å². The van der Waals surface area contributed by atoms with Gasteiger partial charge in [0.1, 0.15) is 0 Å². The first-order valence-electron chi connectivity index (χ1n) is 7.26. The van der Waals surface area contributed by atoms with Gasteiger partial charge in [0.25, 0.3) is 0 Å². The molecule has 1 aliphatic rings. The zero-order valence-electron chi connectivity index (χ0n) is 11.9. The van der Waals surface area contributed by atoms with Crippen LogP contribution in [0.15, 0.2) is 36.4 Å². The molecule has 3 heteroatoms. The van der Waals surface area contributed by atoms with Gasteiger partial charge >= 0.3 is 0 Å². The van der Waals surface area contributed by atoms with E-state index in [0.717, 1.165) is 25.2 Å². The molecule has 0 saturated carbocycles. The summed E-state index contributed by atoms with van der Waals surface area (Å²) in [5.41, 5.74) is 2.24. The van der Waals surface area contributed by atoms with Crippen LogP contribution in [0.2, 0.25) is 0 Å². The summed E-state index contributed by atoms with van der Waals surface area (Å²) in [6.45, 7) is 2.22. The maximum Gasteiger partial charge on any atom is 0.213 e. The van der Waals surface area contributed by atoms with Crippen LogP contribution in [0, 0.1) is 0 Å². The van der Waals surface area contributed by atoms with Crippen molar-refractivity contribution in [2.75, 3.05) is 29.9 Å². The molecule has 104 valence electrons. The summed E-state index contributed by atoms with van der Waals surface area (Å²) in [6, 6.07) is 12.5. The summed E-state index contributed by atoms with van der Waals surface area (Å²) in [5.74, 6) is 0. The van der Waals surface area contributed by atoms with Gasteiger partial charge in [0.05, 0.1) is 5.69 Å². The van der Waals surface area contributed by atoms with Gasteiger partial charge in [-0.2, -0.15) is 0 Å². The van der Waals surface area contributed by atoms with Gasteiger partial charge in [0, 0.05) is 31.2 Å². The van der Waals surface area contributed by atoms with Gasteiger partial charge in [-0.1, -0.05) is 24.3 Å². The standard InChI is InChI=1S/C17H20N2O/c1-18(13-20)15-9-5-7-14-8-6-10-16(17(14)15)19-11-3-2-4-12-19/h5-10,13H,2-4,11-12H2,1H3. The summed E-state index contributed by atoms with van der Waals surface area (Å²) in [5, 5.41) is 2.38. The van der Waals surface area contributed by atoms with Crippen molar-refractivity contribution in [1.82, 2.24) is 0 Å². The fourth-order valence-corrected chi connectivity index (χ4v) is 3.05. The largest absolute Gasteiger partial charge is 0.371 e. The van der Waals surface area contributed by atoms with E-state index in [4.69, 9.17) is 0 Å². The van der Waals surface area contributed by atoms with E-state index in [-0.39, 0.29) is 0 Å². The minimum absolute atomic E-state index is 0.877. The highest BCUT2D eigenvalue weighted by Gasteiger charge is 2.16. The summed E-state index contributed by atoms with van der Waals surface area (Å²) < 4.78 is 0. The van der Waals surface area contributed by atoms with Crippen molar-refractivity contribution >= 4 is 28.6 Å². The summed E-state index contributed by atoms with van der Waals surface area (Å²) in [4.78, 5) is 15.3. The maximum atomic E-state index is 11.1. The molecule has 1 amide bonds. The number of carbonyl (C=O) groups excluding carboxylic acids is 1. The van der Waals surface area contributed by atoms with Crippen molar-refractivity contribution in [2.45, 2.75) is 19.3 Å². The third-order valence-electron chi connectivity index (χ3n) is 4.10. The highest BCUT2D eigenvalue weighted by Crippen LogP contribution is 2.35. The molecule has 0 atom stereocenters. The van der Waals surface area contributed by atoms with Gasteiger partial charge in [-0.3, -0.25) is 4.79 Å². The zero-order chi connectivity index (χ0) is 13.9. The highest BCUT2D eigenvalue weighted by molar-refractivity contribution is 6.06. The third kappa shape index (κ3) is 2.24. The van der Waals surface area contributed by atoms with Gasteiger partial charge in [-0.05, 0) is 36.8 Å². The van der Waals surface area contributed by atoms with Crippen molar-refractivity contribution in [3.63, 3.8) is 0 Å². The smallest absolute Gasteiger partial charge is 0.213 e. The van der Waals surface area contributed by atoms with Crippen molar-refractivity contribution in [1.29, 1.82) is 0 Å². The van der Waals surface area contributed by atoms with E-state index in [1.54, 1.807) is 4.90 Å². The predicted molar refractivity (Wildman–Crippen MR) is 84.5 cm³/mol. The van der Waals surface area contributed by atoms with Gasteiger partial charge in [-0.25, -0.2) is 0 Å². The Balaban J connectivity index is 2.17. The molecule has 1 saturated heterocycles. The number of hydrogen-bond acceptors (Lipinski definition) is 2. The van der Waals surface area contributed by atoms with Crippen LogP contribution in [0.1, 0.15) is 19.3 Å². The second-order valence-electron chi connectivity index (χ2n) is 5.42. The number of anilines is 2. The minimum Gasteiger partial charge on any atom is -0.371 e. The predicted octanol–water partition coefficient (Wildman–Crippen LogP) is 3.42. The second kappa shape index (κ2) is 5.53. The quantitative estimate of drug-likeness (QED) is 0.796. The number of amides is 1. The summed E-state index contributed by atoms with van der Waals surface area (Å²) >= 11 is 0. The van der Waals surface area contributed by atoms with Crippen molar-refractivity contribution in [3.8, 4) is 0 Å². The molecule has 1 fully saturated rings. The number of piperidine rings is 1. The molecule has 0 aliphatic carbocycles. The van der Waals surface area contributed by atoms with Crippen LogP contribution in [-0.4, -0.2) is 26.5 Å². The lowest BCUT2D eigenvalue weighted by molar-refractivity contribution is -0.107. The molecule has 3 nitrogen and oxygen atoms in total. The molecule has 0 N–H and O–H groups in total. The number of rotatable bonds is 3. The van der Waals surface area contributed by atoms with Gasteiger partial charge in [0.15, 0.2) is 0 Å². The van der Waals surface area contributed by atoms with Crippen LogP contribution in [0.3, 0.4) is 0 Å². The fraction of sp³-hybridized carbons (Fsp3) is 0.353. The van der Waals surface area contributed by atoms with E-state index >= 15 is 0 Å². The molecule has 0 spiro atoms. The highest BCUT2D eigenvalue weighted by atomic mass is 16.1. The van der Waals surface area contributed by atoms with E-state index < -0.39 is 0 Å². The number of benzene rings is 2. The van der Waals surface area contributed by atoms with Gasteiger partial charge in [-0.15, -0.1) is 0 Å². The second-order valence-corrected chi connectivity index (χ2v) is 5.42. The molecule has 0 aromatic heterocycles.